The van der Waals surface area contributed by atoms with E-state index in [-0.39, 0.29) is 0 Å². The first-order valence-electron chi connectivity index (χ1n) is 9.12. The van der Waals surface area contributed by atoms with Gasteiger partial charge in [-0.3, -0.25) is 9.69 Å². The summed E-state index contributed by atoms with van der Waals surface area (Å²) in [6.07, 6.45) is 9.13. The molecule has 0 bridgehead atoms. The van der Waals surface area contributed by atoms with E-state index in [0.717, 1.165) is 62.8 Å². The minimum absolute atomic E-state index is 0.306. The van der Waals surface area contributed by atoms with E-state index in [9.17, 15) is 4.79 Å². The van der Waals surface area contributed by atoms with Gasteiger partial charge in [0, 0.05) is 32.6 Å². The van der Waals surface area contributed by atoms with Gasteiger partial charge in [0.2, 0.25) is 5.91 Å². The summed E-state index contributed by atoms with van der Waals surface area (Å²) in [6, 6.07) is 0. The zero-order valence-electron chi connectivity index (χ0n) is 14.9. The van der Waals surface area contributed by atoms with E-state index in [4.69, 9.17) is 0 Å². The van der Waals surface area contributed by atoms with Gasteiger partial charge in [-0.1, -0.05) is 24.6 Å². The number of carbonyl (C=O) groups is 1. The van der Waals surface area contributed by atoms with E-state index < -0.39 is 0 Å². The SMILES string of the molecule is CSc1nnc(C2CCCN(CC(=O)N3CCCCCC3)C2)n1C. The molecule has 1 amide bonds. The molecule has 0 aromatic carbocycles. The summed E-state index contributed by atoms with van der Waals surface area (Å²) in [7, 11) is 2.04. The van der Waals surface area contributed by atoms with Crippen LogP contribution in [0.25, 0.3) is 0 Å². The van der Waals surface area contributed by atoms with Crippen LogP contribution in [-0.2, 0) is 11.8 Å². The number of hydrogen-bond donors (Lipinski definition) is 0. The number of piperidine rings is 1. The van der Waals surface area contributed by atoms with Crippen LogP contribution in [0, 0.1) is 0 Å². The highest BCUT2D eigenvalue weighted by atomic mass is 32.2. The molecule has 1 unspecified atom stereocenters. The highest BCUT2D eigenvalue weighted by molar-refractivity contribution is 7.98. The molecule has 0 aliphatic carbocycles. The van der Waals surface area contributed by atoms with E-state index >= 15 is 0 Å². The smallest absolute Gasteiger partial charge is 0.236 e. The van der Waals surface area contributed by atoms with Gasteiger partial charge in [0.1, 0.15) is 5.82 Å². The summed E-state index contributed by atoms with van der Waals surface area (Å²) in [5, 5.41) is 9.62. The number of rotatable bonds is 4. The zero-order chi connectivity index (χ0) is 16.9. The Morgan fingerprint density at radius 1 is 1.12 bits per heavy atom. The lowest BCUT2D eigenvalue weighted by Crippen LogP contribution is -2.44. The van der Waals surface area contributed by atoms with Crippen molar-refractivity contribution < 1.29 is 4.79 Å². The monoisotopic (exact) mass is 351 g/mol. The number of amides is 1. The molecule has 0 N–H and O–H groups in total. The third-order valence-electron chi connectivity index (χ3n) is 5.24. The molecule has 1 aromatic heterocycles. The van der Waals surface area contributed by atoms with Crippen LogP contribution in [-0.4, -0.2) is 69.5 Å². The second-order valence-electron chi connectivity index (χ2n) is 6.97. The van der Waals surface area contributed by atoms with Gasteiger partial charge in [0.15, 0.2) is 5.16 Å². The lowest BCUT2D eigenvalue weighted by Gasteiger charge is -2.33. The molecule has 1 aromatic rings. The molecular formula is C17H29N5OS. The molecule has 7 heteroatoms. The van der Waals surface area contributed by atoms with Gasteiger partial charge in [0.25, 0.3) is 0 Å². The number of hydrogen-bond acceptors (Lipinski definition) is 5. The Bertz CT molecular complexity index is 553. The summed E-state index contributed by atoms with van der Waals surface area (Å²) < 4.78 is 2.11. The fourth-order valence-electron chi connectivity index (χ4n) is 3.88. The first kappa shape index (κ1) is 17.7. The summed E-state index contributed by atoms with van der Waals surface area (Å²) >= 11 is 1.63. The van der Waals surface area contributed by atoms with Crippen molar-refractivity contribution in [2.75, 3.05) is 39.0 Å². The minimum atomic E-state index is 0.306. The van der Waals surface area contributed by atoms with Crippen molar-refractivity contribution >= 4 is 17.7 Å². The predicted octanol–water partition coefficient (Wildman–Crippen LogP) is 2.12. The van der Waals surface area contributed by atoms with Crippen LogP contribution in [0.15, 0.2) is 5.16 Å². The van der Waals surface area contributed by atoms with Crippen molar-refractivity contribution in [3.05, 3.63) is 5.82 Å². The van der Waals surface area contributed by atoms with Gasteiger partial charge in [-0.25, -0.2) is 0 Å². The zero-order valence-corrected chi connectivity index (χ0v) is 15.7. The molecule has 0 spiro atoms. The van der Waals surface area contributed by atoms with E-state index in [0.29, 0.717) is 18.4 Å². The first-order chi connectivity index (χ1) is 11.7. The van der Waals surface area contributed by atoms with E-state index in [2.05, 4.69) is 24.6 Å². The second kappa shape index (κ2) is 8.34. The maximum atomic E-state index is 12.6. The first-order valence-corrected chi connectivity index (χ1v) is 10.3. The Balaban J connectivity index is 1.58. The Kier molecular flexibility index (Phi) is 6.16. The molecule has 2 fully saturated rings. The van der Waals surface area contributed by atoms with Crippen LogP contribution >= 0.6 is 11.8 Å². The van der Waals surface area contributed by atoms with Gasteiger partial charge in [0.05, 0.1) is 6.54 Å². The fourth-order valence-corrected chi connectivity index (χ4v) is 4.37. The van der Waals surface area contributed by atoms with E-state index in [1.165, 1.54) is 12.8 Å². The van der Waals surface area contributed by atoms with Gasteiger partial charge in [-0.05, 0) is 38.5 Å². The van der Waals surface area contributed by atoms with Crippen molar-refractivity contribution in [3.63, 3.8) is 0 Å². The van der Waals surface area contributed by atoms with Gasteiger partial charge in [-0.2, -0.15) is 0 Å². The van der Waals surface area contributed by atoms with Crippen LogP contribution in [0.2, 0.25) is 0 Å². The van der Waals surface area contributed by atoms with E-state index in [1.807, 2.05) is 13.3 Å². The molecule has 6 nitrogen and oxygen atoms in total. The van der Waals surface area contributed by atoms with Crippen molar-refractivity contribution in [3.8, 4) is 0 Å². The van der Waals surface area contributed by atoms with Crippen LogP contribution in [0.5, 0.6) is 0 Å². The molecule has 2 saturated heterocycles. The molecule has 0 saturated carbocycles. The maximum Gasteiger partial charge on any atom is 0.236 e. The average molecular weight is 352 g/mol. The lowest BCUT2D eigenvalue weighted by atomic mass is 9.97. The molecule has 1 atom stereocenters. The molecule has 24 heavy (non-hydrogen) atoms. The van der Waals surface area contributed by atoms with Crippen LogP contribution in [0.1, 0.15) is 50.3 Å². The summed E-state index contributed by atoms with van der Waals surface area (Å²) in [5.41, 5.74) is 0. The number of carbonyl (C=O) groups excluding carboxylic acids is 1. The molecular weight excluding hydrogens is 322 g/mol. The average Bonchev–Trinajstić information content (AvgIpc) is 2.79. The van der Waals surface area contributed by atoms with Crippen molar-refractivity contribution in [2.24, 2.45) is 7.05 Å². The number of nitrogens with zero attached hydrogens (tertiary/aromatic N) is 5. The summed E-state index contributed by atoms with van der Waals surface area (Å²) in [5.74, 6) is 1.75. The lowest BCUT2D eigenvalue weighted by molar-refractivity contribution is -0.132. The van der Waals surface area contributed by atoms with Crippen LogP contribution in [0.4, 0.5) is 0 Å². The van der Waals surface area contributed by atoms with Crippen molar-refractivity contribution in [2.45, 2.75) is 49.6 Å². The predicted molar refractivity (Wildman–Crippen MR) is 96.2 cm³/mol. The molecule has 2 aliphatic rings. The molecule has 2 aliphatic heterocycles. The molecule has 3 rings (SSSR count). The quantitative estimate of drug-likeness (QED) is 0.778. The van der Waals surface area contributed by atoms with Crippen LogP contribution in [0.3, 0.4) is 0 Å². The summed E-state index contributed by atoms with van der Waals surface area (Å²) in [4.78, 5) is 17.0. The largest absolute Gasteiger partial charge is 0.342 e. The number of likely N-dealkylation sites (tertiary alicyclic amines) is 2. The molecule has 3 heterocycles. The Morgan fingerprint density at radius 3 is 2.54 bits per heavy atom. The highest BCUT2D eigenvalue weighted by Crippen LogP contribution is 2.27. The molecule has 0 radical (unpaired) electrons. The van der Waals surface area contributed by atoms with Crippen molar-refractivity contribution in [1.82, 2.24) is 24.6 Å². The maximum absolute atomic E-state index is 12.6. The number of aromatic nitrogens is 3. The second-order valence-corrected chi connectivity index (χ2v) is 7.75. The number of thioether (sulfide) groups is 1. The third kappa shape index (κ3) is 4.11. The molecule has 134 valence electrons. The van der Waals surface area contributed by atoms with Crippen molar-refractivity contribution in [1.29, 1.82) is 0 Å². The van der Waals surface area contributed by atoms with E-state index in [1.54, 1.807) is 11.8 Å². The fraction of sp³-hybridized carbons (Fsp3) is 0.824. The topological polar surface area (TPSA) is 54.3 Å². The Morgan fingerprint density at radius 2 is 1.88 bits per heavy atom. The summed E-state index contributed by atoms with van der Waals surface area (Å²) in [6.45, 7) is 4.37. The van der Waals surface area contributed by atoms with Gasteiger partial charge in [-0.15, -0.1) is 10.2 Å². The minimum Gasteiger partial charge on any atom is -0.342 e. The van der Waals surface area contributed by atoms with Gasteiger partial charge >= 0.3 is 0 Å². The Labute approximate surface area is 149 Å². The standard InChI is InChI=1S/C17H29N5OS/c1-20-16(18-19-17(20)24-2)14-8-7-9-21(12-14)13-15(23)22-10-5-3-4-6-11-22/h14H,3-13H2,1-2H3. The third-order valence-corrected chi connectivity index (χ3v) is 5.96. The van der Waals surface area contributed by atoms with Crippen LogP contribution < -0.4 is 0 Å². The normalized spacial score (nSPS) is 23.2. The van der Waals surface area contributed by atoms with Gasteiger partial charge < -0.3 is 9.47 Å². The Hall–Kier alpha value is -1.08. The highest BCUT2D eigenvalue weighted by Gasteiger charge is 2.28.